The van der Waals surface area contributed by atoms with Crippen molar-refractivity contribution in [1.29, 1.82) is 0 Å². The normalized spacial score (nSPS) is 17.2. The Morgan fingerprint density at radius 2 is 1.95 bits per heavy atom. The zero-order chi connectivity index (χ0) is 14.8. The number of urea groups is 1. The molecule has 1 aliphatic carbocycles. The lowest BCUT2D eigenvalue weighted by Gasteiger charge is -2.40. The van der Waals surface area contributed by atoms with Crippen molar-refractivity contribution in [3.05, 3.63) is 29.8 Å². The zero-order valence-electron chi connectivity index (χ0n) is 10.6. The summed E-state index contributed by atoms with van der Waals surface area (Å²) in [5, 5.41) is 13.9. The highest BCUT2D eigenvalue weighted by molar-refractivity contribution is 5.90. The second kappa shape index (κ2) is 5.32. The number of halogens is 3. The van der Waals surface area contributed by atoms with E-state index >= 15 is 0 Å². The number of para-hydroxylation sites is 1. The van der Waals surface area contributed by atoms with Gasteiger partial charge in [0, 0.05) is 0 Å². The van der Waals surface area contributed by atoms with E-state index in [1.54, 1.807) is 0 Å². The number of carbonyl (C=O) groups is 1. The summed E-state index contributed by atoms with van der Waals surface area (Å²) in [6.07, 6.45) is -2.41. The van der Waals surface area contributed by atoms with Crippen molar-refractivity contribution in [2.24, 2.45) is 0 Å². The van der Waals surface area contributed by atoms with Gasteiger partial charge in [-0.25, -0.2) is 4.79 Å². The Morgan fingerprint density at radius 3 is 2.45 bits per heavy atom. The van der Waals surface area contributed by atoms with Crippen LogP contribution in [0.3, 0.4) is 0 Å². The second-order valence-corrected chi connectivity index (χ2v) is 4.91. The standard InChI is InChI=1S/C13H15F3N2O2/c14-13(15,16)9-4-1-2-5-10(9)17-11(20)18-12(8-19)6-3-7-12/h1-2,4-5,19H,3,6-8H2,(H2,17,18,20). The molecule has 3 N–H and O–H groups in total. The molecule has 1 aromatic rings. The summed E-state index contributed by atoms with van der Waals surface area (Å²) in [6.45, 7) is -0.221. The monoisotopic (exact) mass is 288 g/mol. The average Bonchev–Trinajstić information content (AvgIpc) is 2.33. The first-order valence-corrected chi connectivity index (χ1v) is 6.23. The van der Waals surface area contributed by atoms with Crippen LogP contribution in [0.15, 0.2) is 24.3 Å². The Labute approximate surface area is 114 Å². The minimum atomic E-state index is -4.53. The van der Waals surface area contributed by atoms with E-state index in [0.29, 0.717) is 12.8 Å². The van der Waals surface area contributed by atoms with E-state index in [2.05, 4.69) is 10.6 Å². The fourth-order valence-corrected chi connectivity index (χ4v) is 2.16. The van der Waals surface area contributed by atoms with E-state index in [1.807, 2.05) is 0 Å². The highest BCUT2D eigenvalue weighted by Crippen LogP contribution is 2.35. The third-order valence-electron chi connectivity index (χ3n) is 3.47. The summed E-state index contributed by atoms with van der Waals surface area (Å²) < 4.78 is 38.3. The van der Waals surface area contributed by atoms with Gasteiger partial charge in [-0.1, -0.05) is 12.1 Å². The first kappa shape index (κ1) is 14.6. The highest BCUT2D eigenvalue weighted by Gasteiger charge is 2.38. The molecule has 110 valence electrons. The van der Waals surface area contributed by atoms with Gasteiger partial charge in [0.15, 0.2) is 0 Å². The number of alkyl halides is 3. The van der Waals surface area contributed by atoms with Crippen molar-refractivity contribution in [2.45, 2.75) is 31.0 Å². The van der Waals surface area contributed by atoms with Gasteiger partial charge in [-0.05, 0) is 31.4 Å². The number of carbonyl (C=O) groups excluding carboxylic acids is 1. The summed E-state index contributed by atoms with van der Waals surface area (Å²) in [7, 11) is 0. The second-order valence-electron chi connectivity index (χ2n) is 4.91. The average molecular weight is 288 g/mol. The molecule has 0 aliphatic heterocycles. The van der Waals surface area contributed by atoms with E-state index in [1.165, 1.54) is 18.2 Å². The fraction of sp³-hybridized carbons (Fsp3) is 0.462. The number of hydrogen-bond acceptors (Lipinski definition) is 2. The molecule has 0 spiro atoms. The third-order valence-corrected chi connectivity index (χ3v) is 3.47. The summed E-state index contributed by atoms with van der Waals surface area (Å²) in [4.78, 5) is 11.8. The molecule has 1 saturated carbocycles. The van der Waals surface area contributed by atoms with Crippen LogP contribution in [0.2, 0.25) is 0 Å². The predicted molar refractivity (Wildman–Crippen MR) is 67.3 cm³/mol. The molecule has 0 bridgehead atoms. The van der Waals surface area contributed by atoms with E-state index in [0.717, 1.165) is 12.5 Å². The van der Waals surface area contributed by atoms with Gasteiger partial charge >= 0.3 is 12.2 Å². The Morgan fingerprint density at radius 1 is 1.30 bits per heavy atom. The molecular formula is C13H15F3N2O2. The van der Waals surface area contributed by atoms with Crippen LogP contribution in [0.4, 0.5) is 23.7 Å². The van der Waals surface area contributed by atoms with Crippen LogP contribution >= 0.6 is 0 Å². The molecule has 2 amide bonds. The molecule has 0 aromatic heterocycles. The number of benzene rings is 1. The van der Waals surface area contributed by atoms with E-state index in [4.69, 9.17) is 0 Å². The molecule has 0 atom stereocenters. The smallest absolute Gasteiger partial charge is 0.394 e. The Hall–Kier alpha value is -1.76. The Kier molecular flexibility index (Phi) is 3.89. The van der Waals surface area contributed by atoms with Gasteiger partial charge in [-0.3, -0.25) is 0 Å². The molecule has 0 radical (unpaired) electrons. The van der Waals surface area contributed by atoms with Gasteiger partial charge in [0.25, 0.3) is 0 Å². The number of rotatable bonds is 3. The summed E-state index contributed by atoms with van der Waals surface area (Å²) in [5.74, 6) is 0. The van der Waals surface area contributed by atoms with Crippen LogP contribution < -0.4 is 10.6 Å². The molecule has 7 heteroatoms. The lowest BCUT2D eigenvalue weighted by atomic mass is 9.77. The van der Waals surface area contributed by atoms with Crippen LogP contribution in [-0.2, 0) is 6.18 Å². The lowest BCUT2D eigenvalue weighted by Crippen LogP contribution is -2.57. The van der Waals surface area contributed by atoms with Gasteiger partial charge < -0.3 is 15.7 Å². The van der Waals surface area contributed by atoms with Crippen LogP contribution in [0, 0.1) is 0 Å². The number of hydrogen-bond donors (Lipinski definition) is 3. The largest absolute Gasteiger partial charge is 0.418 e. The summed E-state index contributed by atoms with van der Waals surface area (Å²) in [5.41, 5.74) is -1.90. The fourth-order valence-electron chi connectivity index (χ4n) is 2.16. The van der Waals surface area contributed by atoms with Crippen molar-refractivity contribution < 1.29 is 23.1 Å². The molecule has 1 aliphatic rings. The van der Waals surface area contributed by atoms with Crippen molar-refractivity contribution in [3.8, 4) is 0 Å². The maximum Gasteiger partial charge on any atom is 0.418 e. The van der Waals surface area contributed by atoms with Gasteiger partial charge in [-0.2, -0.15) is 13.2 Å². The maximum atomic E-state index is 12.8. The molecule has 1 fully saturated rings. The molecule has 0 heterocycles. The minimum Gasteiger partial charge on any atom is -0.394 e. The van der Waals surface area contributed by atoms with Gasteiger partial charge in [-0.15, -0.1) is 0 Å². The van der Waals surface area contributed by atoms with Crippen molar-refractivity contribution in [1.82, 2.24) is 5.32 Å². The number of nitrogens with one attached hydrogen (secondary N) is 2. The Balaban J connectivity index is 2.08. The third kappa shape index (κ3) is 3.04. The van der Waals surface area contributed by atoms with Crippen molar-refractivity contribution in [3.63, 3.8) is 0 Å². The summed E-state index contributed by atoms with van der Waals surface area (Å²) >= 11 is 0. The number of anilines is 1. The number of amides is 2. The number of aliphatic hydroxyl groups is 1. The zero-order valence-corrected chi connectivity index (χ0v) is 10.6. The first-order valence-electron chi connectivity index (χ1n) is 6.23. The van der Waals surface area contributed by atoms with E-state index in [-0.39, 0.29) is 12.3 Å². The minimum absolute atomic E-state index is 0.221. The quantitative estimate of drug-likeness (QED) is 0.801. The topological polar surface area (TPSA) is 61.4 Å². The molecule has 20 heavy (non-hydrogen) atoms. The van der Waals surface area contributed by atoms with E-state index in [9.17, 15) is 23.1 Å². The molecular weight excluding hydrogens is 273 g/mol. The highest BCUT2D eigenvalue weighted by atomic mass is 19.4. The van der Waals surface area contributed by atoms with Gasteiger partial charge in [0.2, 0.25) is 0 Å². The van der Waals surface area contributed by atoms with Crippen LogP contribution in [0.25, 0.3) is 0 Å². The SMILES string of the molecule is O=C(Nc1ccccc1C(F)(F)F)NC1(CO)CCC1. The molecule has 0 saturated heterocycles. The molecule has 4 nitrogen and oxygen atoms in total. The maximum absolute atomic E-state index is 12.8. The van der Waals surface area contributed by atoms with Crippen molar-refractivity contribution >= 4 is 11.7 Å². The summed E-state index contributed by atoms with van der Waals surface area (Å²) in [6, 6.07) is 4.02. The molecule has 0 unspecified atom stereocenters. The van der Waals surface area contributed by atoms with Crippen LogP contribution in [0.1, 0.15) is 24.8 Å². The van der Waals surface area contributed by atoms with Gasteiger partial charge in [0.05, 0.1) is 23.4 Å². The van der Waals surface area contributed by atoms with Gasteiger partial charge in [0.1, 0.15) is 0 Å². The Bertz CT molecular complexity index is 493. The molecule has 2 rings (SSSR count). The van der Waals surface area contributed by atoms with Crippen LogP contribution in [0.5, 0.6) is 0 Å². The predicted octanol–water partition coefficient (Wildman–Crippen LogP) is 2.74. The van der Waals surface area contributed by atoms with Crippen LogP contribution in [-0.4, -0.2) is 23.3 Å². The first-order chi connectivity index (χ1) is 9.36. The molecule has 1 aromatic carbocycles. The lowest BCUT2D eigenvalue weighted by molar-refractivity contribution is -0.136. The number of aliphatic hydroxyl groups excluding tert-OH is 1. The van der Waals surface area contributed by atoms with Crippen molar-refractivity contribution in [2.75, 3.05) is 11.9 Å². The van der Waals surface area contributed by atoms with E-state index < -0.39 is 23.3 Å².